The number of piperidine rings is 3. The molecule has 1 unspecified atom stereocenters. The lowest BCUT2D eigenvalue weighted by Crippen LogP contribution is -2.55. The Morgan fingerprint density at radius 3 is 2.84 bits per heavy atom. The molecule has 3 nitrogen and oxygen atoms in total. The summed E-state index contributed by atoms with van der Waals surface area (Å²) in [6.45, 7) is 6.80. The molecule has 2 aromatic rings. The van der Waals surface area contributed by atoms with Crippen molar-refractivity contribution in [1.82, 2.24) is 9.88 Å². The van der Waals surface area contributed by atoms with Gasteiger partial charge in [0, 0.05) is 23.7 Å². The minimum Gasteiger partial charge on any atom is -0.387 e. The third-order valence-electron chi connectivity index (χ3n) is 6.45. The maximum Gasteiger partial charge on any atom is 0.0952 e. The average molecular weight is 338 g/mol. The molecule has 3 fully saturated rings. The van der Waals surface area contributed by atoms with Gasteiger partial charge in [-0.25, -0.2) is 0 Å². The number of aryl methyl sites for hydroxylation is 1. The summed E-state index contributed by atoms with van der Waals surface area (Å²) in [5.74, 6) is 1.61. The molecule has 1 aromatic heterocycles. The van der Waals surface area contributed by atoms with Crippen LogP contribution in [0.3, 0.4) is 0 Å². The summed E-state index contributed by atoms with van der Waals surface area (Å²) in [6, 6.07) is 10.7. The lowest BCUT2D eigenvalue weighted by molar-refractivity contribution is -0.0562. The predicted octanol–water partition coefficient (Wildman–Crippen LogP) is 4.34. The van der Waals surface area contributed by atoms with E-state index in [2.05, 4.69) is 43.0 Å². The number of pyridine rings is 1. The van der Waals surface area contributed by atoms with Crippen LogP contribution < -0.4 is 0 Å². The van der Waals surface area contributed by atoms with E-state index < -0.39 is 6.10 Å². The van der Waals surface area contributed by atoms with Gasteiger partial charge in [0.1, 0.15) is 0 Å². The standard InChI is InChI=1S/C22H30N2O/c1-3-7-17-13-19(18-8-5-6-9-20(18)23-17)22(25)21-12-16-10-11-24(21)14-15(16)4-2/h5-6,8-9,13,15-16,21-22,25H,3-4,7,10-12,14H2,1-2H3/t15-,16-,21-,22+/m0/s1. The highest BCUT2D eigenvalue weighted by atomic mass is 16.3. The molecule has 134 valence electrons. The van der Waals surface area contributed by atoms with Crippen LogP contribution in [0.1, 0.15) is 56.9 Å². The zero-order valence-electron chi connectivity index (χ0n) is 15.5. The maximum absolute atomic E-state index is 11.3. The fraction of sp³-hybridized carbons (Fsp3) is 0.591. The summed E-state index contributed by atoms with van der Waals surface area (Å²) in [7, 11) is 0. The molecule has 0 aliphatic carbocycles. The van der Waals surface area contributed by atoms with E-state index in [1.165, 1.54) is 12.8 Å². The molecule has 0 radical (unpaired) electrons. The number of hydrogen-bond donors (Lipinski definition) is 1. The average Bonchev–Trinajstić information content (AvgIpc) is 2.67. The highest BCUT2D eigenvalue weighted by Crippen LogP contribution is 2.42. The van der Waals surface area contributed by atoms with Gasteiger partial charge in [0.05, 0.1) is 11.6 Å². The second-order valence-corrected chi connectivity index (χ2v) is 7.93. The second-order valence-electron chi connectivity index (χ2n) is 7.93. The normalized spacial score (nSPS) is 29.9. The quantitative estimate of drug-likeness (QED) is 0.881. The second kappa shape index (κ2) is 7.05. The van der Waals surface area contributed by atoms with Crippen LogP contribution in [0.4, 0.5) is 0 Å². The molecular formula is C22H30N2O. The molecule has 0 amide bonds. The zero-order valence-corrected chi connectivity index (χ0v) is 15.5. The van der Waals surface area contributed by atoms with Gasteiger partial charge in [-0.2, -0.15) is 0 Å². The van der Waals surface area contributed by atoms with Gasteiger partial charge >= 0.3 is 0 Å². The molecule has 3 aliphatic heterocycles. The van der Waals surface area contributed by atoms with E-state index in [1.807, 2.05) is 6.07 Å². The molecule has 2 bridgehead atoms. The number of hydrogen-bond acceptors (Lipinski definition) is 3. The number of aliphatic hydroxyl groups is 1. The highest BCUT2D eigenvalue weighted by Gasteiger charge is 2.42. The Kier molecular flexibility index (Phi) is 4.79. The number of aromatic nitrogens is 1. The summed E-state index contributed by atoms with van der Waals surface area (Å²) in [6.07, 6.45) is 5.35. The van der Waals surface area contributed by atoms with Crippen molar-refractivity contribution in [3.8, 4) is 0 Å². The first-order valence-electron chi connectivity index (χ1n) is 10.0. The van der Waals surface area contributed by atoms with E-state index in [9.17, 15) is 5.11 Å². The first-order valence-corrected chi connectivity index (χ1v) is 10.0. The first kappa shape index (κ1) is 17.0. The van der Waals surface area contributed by atoms with Crippen LogP contribution >= 0.6 is 0 Å². The molecule has 5 atom stereocenters. The number of para-hydroxylation sites is 1. The third kappa shape index (κ3) is 3.09. The molecule has 25 heavy (non-hydrogen) atoms. The lowest BCUT2D eigenvalue weighted by Gasteiger charge is -2.51. The number of rotatable bonds is 5. The fourth-order valence-electron chi connectivity index (χ4n) is 5.07. The summed E-state index contributed by atoms with van der Waals surface area (Å²) < 4.78 is 0. The van der Waals surface area contributed by atoms with Crippen LogP contribution in [0.5, 0.6) is 0 Å². The van der Waals surface area contributed by atoms with E-state index in [4.69, 9.17) is 4.98 Å². The minimum atomic E-state index is -0.413. The van der Waals surface area contributed by atoms with Crippen molar-refractivity contribution in [2.45, 2.75) is 58.1 Å². The zero-order chi connectivity index (χ0) is 17.4. The van der Waals surface area contributed by atoms with Crippen molar-refractivity contribution < 1.29 is 5.11 Å². The van der Waals surface area contributed by atoms with E-state index in [1.54, 1.807) is 0 Å². The minimum absolute atomic E-state index is 0.266. The summed E-state index contributed by atoms with van der Waals surface area (Å²) in [4.78, 5) is 7.35. The number of benzene rings is 1. The van der Waals surface area contributed by atoms with Crippen LogP contribution in [-0.4, -0.2) is 34.1 Å². The molecule has 5 rings (SSSR count). The van der Waals surface area contributed by atoms with Crippen molar-refractivity contribution in [3.63, 3.8) is 0 Å². The lowest BCUT2D eigenvalue weighted by atomic mass is 9.72. The van der Waals surface area contributed by atoms with Gasteiger partial charge in [-0.3, -0.25) is 9.88 Å². The predicted molar refractivity (Wildman–Crippen MR) is 103 cm³/mol. The third-order valence-corrected chi connectivity index (χ3v) is 6.45. The summed E-state index contributed by atoms with van der Waals surface area (Å²) >= 11 is 0. The first-order chi connectivity index (χ1) is 12.2. The monoisotopic (exact) mass is 338 g/mol. The molecular weight excluding hydrogens is 308 g/mol. The Balaban J connectivity index is 1.69. The van der Waals surface area contributed by atoms with Gasteiger partial charge in [0.25, 0.3) is 0 Å². The molecule has 1 N–H and O–H groups in total. The summed E-state index contributed by atoms with van der Waals surface area (Å²) in [5, 5.41) is 12.5. The summed E-state index contributed by atoms with van der Waals surface area (Å²) in [5.41, 5.74) is 3.21. The SMILES string of the molecule is CCCc1cc([C@@H](O)[C@@H]2C[C@@H]3CCN2C[C@@H]3CC)c2ccccc2n1. The van der Waals surface area contributed by atoms with Gasteiger partial charge < -0.3 is 5.11 Å². The van der Waals surface area contributed by atoms with Gasteiger partial charge in [0.2, 0.25) is 0 Å². The molecule has 0 saturated carbocycles. The fourth-order valence-corrected chi connectivity index (χ4v) is 5.07. The number of aliphatic hydroxyl groups excluding tert-OH is 1. The molecule has 3 aliphatic rings. The van der Waals surface area contributed by atoms with Crippen LogP contribution in [0, 0.1) is 11.8 Å². The van der Waals surface area contributed by atoms with E-state index in [0.717, 1.165) is 66.3 Å². The van der Waals surface area contributed by atoms with E-state index in [0.29, 0.717) is 0 Å². The Labute approximate surface area is 151 Å². The number of nitrogens with zero attached hydrogens (tertiary/aromatic N) is 2. The Bertz CT molecular complexity index is 744. The van der Waals surface area contributed by atoms with Gasteiger partial charge in [-0.1, -0.05) is 44.9 Å². The van der Waals surface area contributed by atoms with E-state index in [-0.39, 0.29) is 6.04 Å². The molecule has 3 saturated heterocycles. The van der Waals surface area contributed by atoms with Crippen molar-refractivity contribution in [2.75, 3.05) is 13.1 Å². The van der Waals surface area contributed by atoms with E-state index >= 15 is 0 Å². The maximum atomic E-state index is 11.3. The Hall–Kier alpha value is -1.45. The number of fused-ring (bicyclic) bond motifs is 4. The van der Waals surface area contributed by atoms with Crippen LogP contribution in [-0.2, 0) is 6.42 Å². The van der Waals surface area contributed by atoms with Gasteiger partial charge in [-0.15, -0.1) is 0 Å². The largest absolute Gasteiger partial charge is 0.387 e. The van der Waals surface area contributed by atoms with Crippen molar-refractivity contribution in [2.24, 2.45) is 11.8 Å². The Morgan fingerprint density at radius 1 is 1.28 bits per heavy atom. The Morgan fingerprint density at radius 2 is 2.12 bits per heavy atom. The molecule has 3 heteroatoms. The van der Waals surface area contributed by atoms with Crippen LogP contribution in [0.25, 0.3) is 10.9 Å². The van der Waals surface area contributed by atoms with Crippen LogP contribution in [0.2, 0.25) is 0 Å². The van der Waals surface area contributed by atoms with Gasteiger partial charge in [0.15, 0.2) is 0 Å². The smallest absolute Gasteiger partial charge is 0.0952 e. The van der Waals surface area contributed by atoms with Crippen molar-refractivity contribution in [3.05, 3.63) is 41.6 Å². The highest BCUT2D eigenvalue weighted by molar-refractivity contribution is 5.82. The molecule has 0 spiro atoms. The van der Waals surface area contributed by atoms with Crippen LogP contribution in [0.15, 0.2) is 30.3 Å². The molecule has 4 heterocycles. The van der Waals surface area contributed by atoms with Crippen molar-refractivity contribution in [1.29, 1.82) is 0 Å². The topological polar surface area (TPSA) is 36.4 Å². The van der Waals surface area contributed by atoms with Crippen molar-refractivity contribution >= 4 is 10.9 Å². The molecule has 1 aromatic carbocycles. The van der Waals surface area contributed by atoms with Gasteiger partial charge in [-0.05, 0) is 55.3 Å².